The van der Waals surface area contributed by atoms with Crippen LogP contribution in [0.25, 0.3) is 0 Å². The summed E-state index contributed by atoms with van der Waals surface area (Å²) >= 11 is 0. The average molecular weight is 166 g/mol. The molecule has 1 N–H and O–H groups in total. The van der Waals surface area contributed by atoms with E-state index in [0.29, 0.717) is 6.61 Å². The Bertz CT molecular complexity index is 208. The Morgan fingerprint density at radius 1 is 1.33 bits per heavy atom. The smallest absolute Gasteiger partial charge is 0.119 e. The van der Waals surface area contributed by atoms with Gasteiger partial charge in [-0.15, -0.1) is 0 Å². The summed E-state index contributed by atoms with van der Waals surface area (Å²) in [7, 11) is 0. The predicted molar refractivity (Wildman–Crippen MR) is 48.2 cm³/mol. The summed E-state index contributed by atoms with van der Waals surface area (Å²) < 4.78 is 5.40. The molecule has 0 spiro atoms. The second-order valence-electron chi connectivity index (χ2n) is 2.91. The molecular weight excluding hydrogens is 152 g/mol. The lowest BCUT2D eigenvalue weighted by Gasteiger charge is -2.09. The molecule has 66 valence electrons. The highest BCUT2D eigenvalue weighted by Gasteiger charge is 1.99. The van der Waals surface area contributed by atoms with E-state index in [1.165, 1.54) is 0 Å². The fourth-order valence-electron chi connectivity index (χ4n) is 0.808. The van der Waals surface area contributed by atoms with Gasteiger partial charge in [-0.3, -0.25) is 0 Å². The van der Waals surface area contributed by atoms with E-state index in [1.54, 1.807) is 0 Å². The highest BCUT2D eigenvalue weighted by Crippen LogP contribution is 2.09. The van der Waals surface area contributed by atoms with E-state index in [2.05, 4.69) is 0 Å². The van der Waals surface area contributed by atoms with Gasteiger partial charge in [-0.05, 0) is 12.1 Å². The molecule has 12 heavy (non-hydrogen) atoms. The molecule has 0 radical (unpaired) electrons. The molecule has 0 saturated heterocycles. The van der Waals surface area contributed by atoms with Crippen molar-refractivity contribution in [1.82, 2.24) is 0 Å². The summed E-state index contributed by atoms with van der Waals surface area (Å²) in [6.07, 6.45) is 0. The van der Waals surface area contributed by atoms with Crippen LogP contribution in [0.4, 0.5) is 0 Å². The van der Waals surface area contributed by atoms with Gasteiger partial charge in [0, 0.05) is 12.5 Å². The van der Waals surface area contributed by atoms with Crippen molar-refractivity contribution in [2.75, 3.05) is 13.2 Å². The molecule has 0 saturated carbocycles. The summed E-state index contributed by atoms with van der Waals surface area (Å²) in [5.74, 6) is 1.06. The maximum absolute atomic E-state index is 8.73. The summed E-state index contributed by atoms with van der Waals surface area (Å²) in [4.78, 5) is 0. The molecule has 1 rings (SSSR count). The zero-order valence-electron chi connectivity index (χ0n) is 7.23. The maximum atomic E-state index is 8.73. The van der Waals surface area contributed by atoms with Gasteiger partial charge < -0.3 is 9.84 Å². The van der Waals surface area contributed by atoms with Gasteiger partial charge in [-0.25, -0.2) is 0 Å². The van der Waals surface area contributed by atoms with Crippen molar-refractivity contribution in [3.8, 4) is 5.75 Å². The SMILES string of the molecule is C[C@H](CO)COc1ccccc1. The first-order valence-corrected chi connectivity index (χ1v) is 4.11. The van der Waals surface area contributed by atoms with E-state index in [0.717, 1.165) is 5.75 Å². The monoisotopic (exact) mass is 166 g/mol. The van der Waals surface area contributed by atoms with Crippen molar-refractivity contribution in [1.29, 1.82) is 0 Å². The third-order valence-electron chi connectivity index (χ3n) is 1.59. The van der Waals surface area contributed by atoms with E-state index in [4.69, 9.17) is 9.84 Å². The third-order valence-corrected chi connectivity index (χ3v) is 1.59. The summed E-state index contributed by atoms with van der Waals surface area (Å²) in [5.41, 5.74) is 0. The fourth-order valence-corrected chi connectivity index (χ4v) is 0.808. The second-order valence-corrected chi connectivity index (χ2v) is 2.91. The van der Waals surface area contributed by atoms with Crippen molar-refractivity contribution >= 4 is 0 Å². The summed E-state index contributed by atoms with van der Waals surface area (Å²) in [5, 5.41) is 8.73. The van der Waals surface area contributed by atoms with Gasteiger partial charge in [0.25, 0.3) is 0 Å². The van der Waals surface area contributed by atoms with Crippen LogP contribution in [0.2, 0.25) is 0 Å². The zero-order chi connectivity index (χ0) is 8.81. The number of hydrogen-bond donors (Lipinski definition) is 1. The minimum absolute atomic E-state index is 0.173. The van der Waals surface area contributed by atoms with E-state index in [-0.39, 0.29) is 12.5 Å². The number of hydrogen-bond acceptors (Lipinski definition) is 2. The van der Waals surface area contributed by atoms with Crippen LogP contribution in [0.5, 0.6) is 5.75 Å². The lowest BCUT2D eigenvalue weighted by Crippen LogP contribution is -2.11. The van der Waals surface area contributed by atoms with Crippen LogP contribution >= 0.6 is 0 Å². The Balaban J connectivity index is 2.33. The van der Waals surface area contributed by atoms with Gasteiger partial charge in [0.15, 0.2) is 0 Å². The lowest BCUT2D eigenvalue weighted by atomic mass is 10.2. The molecule has 2 heteroatoms. The first kappa shape index (κ1) is 9.07. The lowest BCUT2D eigenvalue weighted by molar-refractivity contribution is 0.174. The highest BCUT2D eigenvalue weighted by molar-refractivity contribution is 5.20. The van der Waals surface area contributed by atoms with Gasteiger partial charge in [0.05, 0.1) is 6.61 Å². The van der Waals surface area contributed by atoms with Crippen molar-refractivity contribution in [2.24, 2.45) is 5.92 Å². The maximum Gasteiger partial charge on any atom is 0.119 e. The number of aliphatic hydroxyl groups excluding tert-OH is 1. The number of para-hydroxylation sites is 1. The van der Waals surface area contributed by atoms with Gasteiger partial charge in [0.1, 0.15) is 5.75 Å². The first-order valence-electron chi connectivity index (χ1n) is 4.11. The van der Waals surface area contributed by atoms with Crippen LogP contribution < -0.4 is 4.74 Å². The largest absolute Gasteiger partial charge is 0.493 e. The molecule has 0 heterocycles. The molecule has 1 aromatic rings. The van der Waals surface area contributed by atoms with E-state index in [9.17, 15) is 0 Å². The van der Waals surface area contributed by atoms with Gasteiger partial charge >= 0.3 is 0 Å². The van der Waals surface area contributed by atoms with Crippen molar-refractivity contribution in [3.63, 3.8) is 0 Å². The van der Waals surface area contributed by atoms with Crippen LogP contribution in [-0.2, 0) is 0 Å². The number of benzene rings is 1. The summed E-state index contributed by atoms with van der Waals surface area (Å²) in [6, 6.07) is 9.62. The minimum atomic E-state index is 0.173. The zero-order valence-corrected chi connectivity index (χ0v) is 7.23. The van der Waals surface area contributed by atoms with Gasteiger partial charge in [-0.1, -0.05) is 25.1 Å². The molecule has 2 nitrogen and oxygen atoms in total. The van der Waals surface area contributed by atoms with Gasteiger partial charge in [0.2, 0.25) is 0 Å². The average Bonchev–Trinajstić information content (AvgIpc) is 2.16. The molecular formula is C10H14O2. The Morgan fingerprint density at radius 2 is 2.00 bits per heavy atom. The Morgan fingerprint density at radius 3 is 2.58 bits per heavy atom. The number of ether oxygens (including phenoxy) is 1. The Hall–Kier alpha value is -1.02. The van der Waals surface area contributed by atoms with Crippen molar-refractivity contribution in [2.45, 2.75) is 6.92 Å². The van der Waals surface area contributed by atoms with Crippen molar-refractivity contribution in [3.05, 3.63) is 30.3 Å². The molecule has 1 aromatic carbocycles. The first-order chi connectivity index (χ1) is 5.83. The topological polar surface area (TPSA) is 29.5 Å². The Kier molecular flexibility index (Phi) is 3.61. The van der Waals surface area contributed by atoms with Crippen LogP contribution in [0.1, 0.15) is 6.92 Å². The molecule has 0 bridgehead atoms. The summed E-state index contributed by atoms with van der Waals surface area (Å²) in [6.45, 7) is 2.69. The highest BCUT2D eigenvalue weighted by atomic mass is 16.5. The fraction of sp³-hybridized carbons (Fsp3) is 0.400. The van der Waals surface area contributed by atoms with Crippen LogP contribution in [0.3, 0.4) is 0 Å². The normalized spacial score (nSPS) is 12.5. The Labute approximate surface area is 72.8 Å². The second kappa shape index (κ2) is 4.78. The van der Waals surface area contributed by atoms with E-state index >= 15 is 0 Å². The van der Waals surface area contributed by atoms with E-state index < -0.39 is 0 Å². The number of aliphatic hydroxyl groups is 1. The molecule has 1 atom stereocenters. The quantitative estimate of drug-likeness (QED) is 0.737. The predicted octanol–water partition coefficient (Wildman–Crippen LogP) is 1.69. The van der Waals surface area contributed by atoms with Crippen molar-refractivity contribution < 1.29 is 9.84 Å². The van der Waals surface area contributed by atoms with Gasteiger partial charge in [-0.2, -0.15) is 0 Å². The molecule has 0 unspecified atom stereocenters. The minimum Gasteiger partial charge on any atom is -0.493 e. The molecule has 0 aromatic heterocycles. The van der Waals surface area contributed by atoms with E-state index in [1.807, 2.05) is 37.3 Å². The standard InChI is InChI=1S/C10H14O2/c1-9(7-11)8-12-10-5-3-2-4-6-10/h2-6,9,11H,7-8H2,1H3/t9-/m1/s1. The molecule has 0 aliphatic rings. The third kappa shape index (κ3) is 2.93. The molecule has 0 aliphatic heterocycles. The molecule has 0 fully saturated rings. The van der Waals surface area contributed by atoms with Crippen LogP contribution in [0, 0.1) is 5.92 Å². The molecule has 0 aliphatic carbocycles. The molecule has 0 amide bonds. The van der Waals surface area contributed by atoms with Crippen LogP contribution in [-0.4, -0.2) is 18.3 Å². The number of rotatable bonds is 4. The van der Waals surface area contributed by atoms with Crippen LogP contribution in [0.15, 0.2) is 30.3 Å².